The number of rotatable bonds is 9. The maximum Gasteiger partial charge on any atom is 0.186 e. The molecule has 0 saturated heterocycles. The lowest BCUT2D eigenvalue weighted by atomic mass is 10.2. The lowest BCUT2D eigenvalue weighted by Gasteiger charge is -2.06. The van der Waals surface area contributed by atoms with E-state index in [0.717, 1.165) is 50.1 Å². The quantitative estimate of drug-likeness (QED) is 0.317. The Morgan fingerprint density at radius 2 is 1.90 bits per heavy atom. The predicted molar refractivity (Wildman–Crippen MR) is 93.1 cm³/mol. The number of hydrogen-bond donors (Lipinski definition) is 2. The molecule has 0 atom stereocenters. The monoisotopic (exact) mass is 307 g/mol. The van der Waals surface area contributed by atoms with Gasteiger partial charge in [-0.3, -0.25) is 5.43 Å². The van der Waals surface area contributed by atoms with E-state index >= 15 is 0 Å². The fraction of sp³-hybridized carbons (Fsp3) is 0.500. The van der Waals surface area contributed by atoms with Crippen molar-refractivity contribution in [2.45, 2.75) is 39.5 Å². The largest absolute Gasteiger partial charge is 0.494 e. The summed E-state index contributed by atoms with van der Waals surface area (Å²) in [6, 6.07) is 7.85. The molecule has 0 aliphatic rings. The molecule has 0 amide bonds. The SMILES string of the molecule is CCCCNC(=S)N/N=C\c1ccc(OCCCC)cc1. The van der Waals surface area contributed by atoms with Gasteiger partial charge in [0.1, 0.15) is 5.75 Å². The smallest absolute Gasteiger partial charge is 0.186 e. The first kappa shape index (κ1) is 17.4. The Labute approximate surface area is 133 Å². The number of nitrogens with zero attached hydrogens (tertiary/aromatic N) is 1. The van der Waals surface area contributed by atoms with Crippen molar-refractivity contribution in [1.29, 1.82) is 0 Å². The number of hydrogen-bond acceptors (Lipinski definition) is 3. The Bertz CT molecular complexity index is 432. The average molecular weight is 307 g/mol. The molecule has 0 saturated carbocycles. The maximum atomic E-state index is 5.61. The molecule has 0 aliphatic heterocycles. The summed E-state index contributed by atoms with van der Waals surface area (Å²) in [5.41, 5.74) is 3.81. The summed E-state index contributed by atoms with van der Waals surface area (Å²) in [6.45, 7) is 5.94. The molecule has 1 aromatic rings. The second-order valence-electron chi connectivity index (χ2n) is 4.75. The zero-order valence-corrected chi connectivity index (χ0v) is 13.7. The second-order valence-corrected chi connectivity index (χ2v) is 5.16. The molecule has 0 aliphatic carbocycles. The number of unbranched alkanes of at least 4 members (excludes halogenated alkanes) is 2. The first-order valence-electron chi connectivity index (χ1n) is 7.56. The molecule has 116 valence electrons. The lowest BCUT2D eigenvalue weighted by Crippen LogP contribution is -2.32. The van der Waals surface area contributed by atoms with Gasteiger partial charge in [0, 0.05) is 6.54 Å². The van der Waals surface area contributed by atoms with E-state index in [1.165, 1.54) is 0 Å². The summed E-state index contributed by atoms with van der Waals surface area (Å²) in [7, 11) is 0. The highest BCUT2D eigenvalue weighted by atomic mass is 32.1. The molecule has 0 aromatic heterocycles. The topological polar surface area (TPSA) is 45.7 Å². The van der Waals surface area contributed by atoms with Gasteiger partial charge in [0.25, 0.3) is 0 Å². The number of nitrogens with one attached hydrogen (secondary N) is 2. The van der Waals surface area contributed by atoms with E-state index in [1.54, 1.807) is 6.21 Å². The van der Waals surface area contributed by atoms with Crippen molar-refractivity contribution in [2.24, 2.45) is 5.10 Å². The number of hydrazone groups is 1. The van der Waals surface area contributed by atoms with Crippen molar-refractivity contribution in [3.8, 4) is 5.75 Å². The van der Waals surface area contributed by atoms with Crippen LogP contribution in [0.4, 0.5) is 0 Å². The van der Waals surface area contributed by atoms with Crippen LogP contribution < -0.4 is 15.5 Å². The minimum Gasteiger partial charge on any atom is -0.494 e. The minimum absolute atomic E-state index is 0.555. The average Bonchev–Trinajstić information content (AvgIpc) is 2.49. The van der Waals surface area contributed by atoms with Crippen LogP contribution >= 0.6 is 12.2 Å². The minimum atomic E-state index is 0.555. The standard InChI is InChI=1S/C16H25N3OS/c1-3-5-11-17-16(21)19-18-13-14-7-9-15(10-8-14)20-12-6-4-2/h7-10,13H,3-6,11-12H2,1-2H3,(H2,17,19,21)/b18-13-. The van der Waals surface area contributed by atoms with E-state index in [4.69, 9.17) is 17.0 Å². The molecule has 0 radical (unpaired) electrons. The van der Waals surface area contributed by atoms with Crippen molar-refractivity contribution in [2.75, 3.05) is 13.2 Å². The molecule has 0 heterocycles. The summed E-state index contributed by atoms with van der Waals surface area (Å²) >= 11 is 5.11. The van der Waals surface area contributed by atoms with E-state index in [2.05, 4.69) is 29.7 Å². The normalized spacial score (nSPS) is 10.6. The fourth-order valence-electron chi connectivity index (χ4n) is 1.57. The van der Waals surface area contributed by atoms with Gasteiger partial charge in [-0.2, -0.15) is 5.10 Å². The van der Waals surface area contributed by atoms with Crippen LogP contribution in [0.1, 0.15) is 45.1 Å². The zero-order valence-electron chi connectivity index (χ0n) is 12.9. The molecule has 0 spiro atoms. The molecular formula is C16H25N3OS. The van der Waals surface area contributed by atoms with Gasteiger partial charge in [0.2, 0.25) is 0 Å². The molecule has 1 rings (SSSR count). The first-order chi connectivity index (χ1) is 10.3. The third kappa shape index (κ3) is 8.30. The Hall–Kier alpha value is -1.62. The van der Waals surface area contributed by atoms with Gasteiger partial charge >= 0.3 is 0 Å². The van der Waals surface area contributed by atoms with Crippen molar-refractivity contribution in [1.82, 2.24) is 10.7 Å². The van der Waals surface area contributed by atoms with Crippen molar-refractivity contribution >= 4 is 23.5 Å². The van der Waals surface area contributed by atoms with Gasteiger partial charge < -0.3 is 10.1 Å². The second kappa shape index (κ2) is 11.1. The van der Waals surface area contributed by atoms with E-state index in [-0.39, 0.29) is 0 Å². The highest BCUT2D eigenvalue weighted by Gasteiger charge is 1.94. The Kier molecular flexibility index (Phi) is 9.20. The number of benzene rings is 1. The van der Waals surface area contributed by atoms with Gasteiger partial charge in [-0.15, -0.1) is 0 Å². The molecule has 5 heteroatoms. The van der Waals surface area contributed by atoms with Gasteiger partial charge in [0.05, 0.1) is 12.8 Å². The van der Waals surface area contributed by atoms with Crippen LogP contribution in [0.3, 0.4) is 0 Å². The summed E-state index contributed by atoms with van der Waals surface area (Å²) in [6.07, 6.45) is 6.21. The molecule has 1 aromatic carbocycles. The highest BCUT2D eigenvalue weighted by molar-refractivity contribution is 7.80. The molecule has 21 heavy (non-hydrogen) atoms. The first-order valence-corrected chi connectivity index (χ1v) is 7.96. The van der Waals surface area contributed by atoms with Crippen LogP contribution in [0.25, 0.3) is 0 Å². The fourth-order valence-corrected chi connectivity index (χ4v) is 1.72. The van der Waals surface area contributed by atoms with Crippen LogP contribution in [0, 0.1) is 0 Å². The summed E-state index contributed by atoms with van der Waals surface area (Å²) in [4.78, 5) is 0. The van der Waals surface area contributed by atoms with E-state index in [1.807, 2.05) is 24.3 Å². The summed E-state index contributed by atoms with van der Waals surface area (Å²) < 4.78 is 5.61. The van der Waals surface area contributed by atoms with Gasteiger partial charge in [0.15, 0.2) is 5.11 Å². The summed E-state index contributed by atoms with van der Waals surface area (Å²) in [5, 5.41) is 7.75. The predicted octanol–water partition coefficient (Wildman–Crippen LogP) is 3.46. The van der Waals surface area contributed by atoms with Crippen molar-refractivity contribution in [3.63, 3.8) is 0 Å². The van der Waals surface area contributed by atoms with Gasteiger partial charge in [-0.05, 0) is 54.9 Å². The summed E-state index contributed by atoms with van der Waals surface area (Å²) in [5.74, 6) is 0.894. The van der Waals surface area contributed by atoms with Crippen LogP contribution in [-0.4, -0.2) is 24.5 Å². The molecule has 0 fully saturated rings. The van der Waals surface area contributed by atoms with E-state index < -0.39 is 0 Å². The molecule has 4 nitrogen and oxygen atoms in total. The van der Waals surface area contributed by atoms with Crippen LogP contribution in [0.15, 0.2) is 29.4 Å². The highest BCUT2D eigenvalue weighted by Crippen LogP contribution is 2.11. The molecule has 0 bridgehead atoms. The van der Waals surface area contributed by atoms with E-state index in [0.29, 0.717) is 5.11 Å². The molecular weight excluding hydrogens is 282 g/mol. The number of ether oxygens (including phenoxy) is 1. The molecule has 2 N–H and O–H groups in total. The molecule has 0 unspecified atom stereocenters. The maximum absolute atomic E-state index is 5.61. The van der Waals surface area contributed by atoms with E-state index in [9.17, 15) is 0 Å². The van der Waals surface area contributed by atoms with Crippen molar-refractivity contribution < 1.29 is 4.74 Å². The zero-order chi connectivity index (χ0) is 15.3. The Balaban J connectivity index is 2.30. The van der Waals surface area contributed by atoms with Crippen LogP contribution in [0.2, 0.25) is 0 Å². The van der Waals surface area contributed by atoms with Gasteiger partial charge in [-0.25, -0.2) is 0 Å². The lowest BCUT2D eigenvalue weighted by molar-refractivity contribution is 0.309. The van der Waals surface area contributed by atoms with Crippen LogP contribution in [-0.2, 0) is 0 Å². The third-order valence-electron chi connectivity index (χ3n) is 2.84. The third-order valence-corrected chi connectivity index (χ3v) is 3.08. The van der Waals surface area contributed by atoms with Gasteiger partial charge in [-0.1, -0.05) is 26.7 Å². The Morgan fingerprint density at radius 3 is 2.57 bits per heavy atom. The van der Waals surface area contributed by atoms with Crippen LogP contribution in [0.5, 0.6) is 5.75 Å². The Morgan fingerprint density at radius 1 is 1.19 bits per heavy atom. The van der Waals surface area contributed by atoms with Crippen molar-refractivity contribution in [3.05, 3.63) is 29.8 Å². The number of thiocarbonyl (C=S) groups is 1.